The molecule has 1 aliphatic heterocycles. The van der Waals surface area contributed by atoms with Crippen LogP contribution >= 0.6 is 11.8 Å². The van der Waals surface area contributed by atoms with E-state index in [0.29, 0.717) is 18.3 Å². The maximum atomic E-state index is 13.4. The molecule has 0 unspecified atom stereocenters. The van der Waals surface area contributed by atoms with Crippen LogP contribution < -0.4 is 9.64 Å². The molecule has 30 heavy (non-hydrogen) atoms. The number of anilines is 1. The third-order valence-electron chi connectivity index (χ3n) is 5.67. The monoisotopic (exact) mass is 426 g/mol. The summed E-state index contributed by atoms with van der Waals surface area (Å²) in [6.07, 6.45) is 4.54. The van der Waals surface area contributed by atoms with Gasteiger partial charge in [-0.25, -0.2) is 0 Å². The number of carbonyl (C=O) groups excluding carboxylic acids is 1. The normalized spacial score (nSPS) is 17.5. The van der Waals surface area contributed by atoms with Crippen molar-refractivity contribution in [3.8, 4) is 5.75 Å². The molecular weight excluding hydrogens is 396 g/mol. The molecule has 0 atom stereocenters. The molecule has 0 saturated heterocycles. The topological polar surface area (TPSA) is 60.2 Å². The van der Waals surface area contributed by atoms with Crippen molar-refractivity contribution in [2.45, 2.75) is 70.6 Å². The van der Waals surface area contributed by atoms with Crippen molar-refractivity contribution in [1.29, 1.82) is 0 Å². The lowest BCUT2D eigenvalue weighted by atomic mass is 9.88. The molecule has 4 rings (SSSR count). The van der Waals surface area contributed by atoms with Gasteiger partial charge in [0, 0.05) is 18.0 Å². The third kappa shape index (κ3) is 3.87. The van der Waals surface area contributed by atoms with E-state index in [-0.39, 0.29) is 5.91 Å². The summed E-state index contributed by atoms with van der Waals surface area (Å²) in [5.41, 5.74) is 2.74. The number of amides is 1. The van der Waals surface area contributed by atoms with Gasteiger partial charge in [0.15, 0.2) is 5.16 Å². The molecule has 0 N–H and O–H groups in total. The van der Waals surface area contributed by atoms with Gasteiger partial charge in [0.05, 0.1) is 23.6 Å². The van der Waals surface area contributed by atoms with Crippen molar-refractivity contribution < 1.29 is 9.53 Å². The van der Waals surface area contributed by atoms with E-state index in [1.54, 1.807) is 0 Å². The van der Waals surface area contributed by atoms with E-state index in [9.17, 15) is 4.79 Å². The first-order valence-corrected chi connectivity index (χ1v) is 11.7. The average Bonchev–Trinajstić information content (AvgIpc) is 3.46. The lowest BCUT2D eigenvalue weighted by Gasteiger charge is -2.41. The standard InChI is InChI=1S/C23H30N4O2S/c1-6-26-21(16-8-9-16)24-25-22(26)30-14-20(28)27-19-11-10-17(29-7-2)12-18(19)15(3)13-23(27,4)5/h10-13,16H,6-9,14H2,1-5H3. The Labute approximate surface area is 182 Å². The Morgan fingerprint density at radius 3 is 2.70 bits per heavy atom. The van der Waals surface area contributed by atoms with E-state index in [4.69, 9.17) is 4.74 Å². The van der Waals surface area contributed by atoms with Gasteiger partial charge >= 0.3 is 0 Å². The predicted molar refractivity (Wildman–Crippen MR) is 121 cm³/mol. The average molecular weight is 427 g/mol. The van der Waals surface area contributed by atoms with Gasteiger partial charge in [0.25, 0.3) is 0 Å². The summed E-state index contributed by atoms with van der Waals surface area (Å²) in [5, 5.41) is 9.59. The molecule has 1 saturated carbocycles. The maximum Gasteiger partial charge on any atom is 0.238 e. The number of hydrogen-bond acceptors (Lipinski definition) is 5. The van der Waals surface area contributed by atoms with E-state index in [1.165, 1.54) is 24.6 Å². The molecule has 0 radical (unpaired) electrons. The van der Waals surface area contributed by atoms with Gasteiger partial charge in [-0.2, -0.15) is 0 Å². The van der Waals surface area contributed by atoms with Crippen LogP contribution in [0.1, 0.15) is 64.8 Å². The predicted octanol–water partition coefficient (Wildman–Crippen LogP) is 4.89. The summed E-state index contributed by atoms with van der Waals surface area (Å²) >= 11 is 1.48. The molecular formula is C23H30N4O2S. The second kappa shape index (κ2) is 8.10. The molecule has 160 valence electrons. The van der Waals surface area contributed by atoms with Crippen LogP contribution in [0.3, 0.4) is 0 Å². The number of nitrogens with zero attached hydrogens (tertiary/aromatic N) is 4. The van der Waals surface area contributed by atoms with E-state index in [0.717, 1.165) is 40.1 Å². The Kier molecular flexibility index (Phi) is 5.66. The van der Waals surface area contributed by atoms with E-state index in [2.05, 4.69) is 48.5 Å². The second-order valence-electron chi connectivity index (χ2n) is 8.47. The number of ether oxygens (including phenoxy) is 1. The molecule has 1 aromatic carbocycles. The second-order valence-corrected chi connectivity index (χ2v) is 9.41. The number of rotatable bonds is 7. The number of carbonyl (C=O) groups is 1. The Morgan fingerprint density at radius 2 is 2.03 bits per heavy atom. The maximum absolute atomic E-state index is 13.4. The molecule has 0 spiro atoms. The highest BCUT2D eigenvalue weighted by molar-refractivity contribution is 7.99. The minimum absolute atomic E-state index is 0.0674. The van der Waals surface area contributed by atoms with Crippen molar-refractivity contribution in [3.63, 3.8) is 0 Å². The number of fused-ring (bicyclic) bond motifs is 1. The van der Waals surface area contributed by atoms with Crippen LogP contribution in [0.15, 0.2) is 29.4 Å². The summed E-state index contributed by atoms with van der Waals surface area (Å²) in [6, 6.07) is 5.98. The van der Waals surface area contributed by atoms with Crippen molar-refractivity contribution in [1.82, 2.24) is 14.8 Å². The number of hydrogen-bond donors (Lipinski definition) is 0. The zero-order chi connectivity index (χ0) is 21.5. The van der Waals surface area contributed by atoms with E-state index in [1.807, 2.05) is 30.0 Å². The molecule has 6 nitrogen and oxygen atoms in total. The van der Waals surface area contributed by atoms with Crippen LogP contribution in [0.4, 0.5) is 5.69 Å². The van der Waals surface area contributed by atoms with Crippen molar-refractivity contribution in [3.05, 3.63) is 35.7 Å². The molecule has 7 heteroatoms. The summed E-state index contributed by atoms with van der Waals surface area (Å²) in [7, 11) is 0. The summed E-state index contributed by atoms with van der Waals surface area (Å²) in [6.45, 7) is 11.8. The SMILES string of the molecule is CCOc1ccc2c(c1)C(C)=CC(C)(C)N2C(=O)CSc1nnc(C2CC2)n1CC. The fourth-order valence-electron chi connectivity index (χ4n) is 4.26. The number of benzene rings is 1. The van der Waals surface area contributed by atoms with Crippen LogP contribution in [0.5, 0.6) is 5.75 Å². The van der Waals surface area contributed by atoms with Gasteiger partial charge in [0.1, 0.15) is 11.6 Å². The largest absolute Gasteiger partial charge is 0.494 e. The molecule has 1 fully saturated rings. The van der Waals surface area contributed by atoms with Crippen molar-refractivity contribution in [2.75, 3.05) is 17.3 Å². The molecule has 2 heterocycles. The van der Waals surface area contributed by atoms with Crippen molar-refractivity contribution in [2.24, 2.45) is 0 Å². The fourth-order valence-corrected chi connectivity index (χ4v) is 5.12. The van der Waals surface area contributed by atoms with Gasteiger partial charge in [-0.05, 0) is 71.2 Å². The van der Waals surface area contributed by atoms with Crippen molar-refractivity contribution >= 4 is 28.9 Å². The van der Waals surface area contributed by atoms with Crippen LogP contribution in [0.2, 0.25) is 0 Å². The molecule has 2 aliphatic rings. The first-order chi connectivity index (χ1) is 14.4. The molecule has 2 aromatic rings. The number of allylic oxidation sites excluding steroid dienone is 1. The Hall–Kier alpha value is -2.28. The molecule has 1 aromatic heterocycles. The smallest absolute Gasteiger partial charge is 0.238 e. The highest BCUT2D eigenvalue weighted by Crippen LogP contribution is 2.42. The van der Waals surface area contributed by atoms with Gasteiger partial charge in [-0.1, -0.05) is 17.8 Å². The molecule has 1 amide bonds. The zero-order valence-electron chi connectivity index (χ0n) is 18.4. The Morgan fingerprint density at radius 1 is 1.27 bits per heavy atom. The fraction of sp³-hybridized carbons (Fsp3) is 0.522. The Balaban J connectivity index is 1.58. The highest BCUT2D eigenvalue weighted by atomic mass is 32.2. The van der Waals surface area contributed by atoms with Crippen LogP contribution in [-0.4, -0.2) is 38.6 Å². The molecule has 1 aliphatic carbocycles. The number of thioether (sulfide) groups is 1. The Bertz CT molecular complexity index is 991. The summed E-state index contributed by atoms with van der Waals surface area (Å²) < 4.78 is 7.83. The zero-order valence-corrected chi connectivity index (χ0v) is 19.3. The van der Waals surface area contributed by atoms with Crippen LogP contribution in [0.25, 0.3) is 5.57 Å². The van der Waals surface area contributed by atoms with E-state index < -0.39 is 5.54 Å². The number of aromatic nitrogens is 3. The summed E-state index contributed by atoms with van der Waals surface area (Å²) in [5.74, 6) is 2.83. The first kappa shape index (κ1) is 21.0. The van der Waals surface area contributed by atoms with Crippen LogP contribution in [0, 0.1) is 0 Å². The lowest BCUT2D eigenvalue weighted by molar-refractivity contribution is -0.116. The van der Waals surface area contributed by atoms with Gasteiger partial charge in [-0.3, -0.25) is 4.79 Å². The van der Waals surface area contributed by atoms with Crippen LogP contribution in [-0.2, 0) is 11.3 Å². The molecule has 0 bridgehead atoms. The van der Waals surface area contributed by atoms with Gasteiger partial charge in [-0.15, -0.1) is 10.2 Å². The lowest BCUT2D eigenvalue weighted by Crippen LogP contribution is -2.49. The minimum Gasteiger partial charge on any atom is -0.494 e. The summed E-state index contributed by atoms with van der Waals surface area (Å²) in [4.78, 5) is 15.3. The first-order valence-electron chi connectivity index (χ1n) is 10.7. The van der Waals surface area contributed by atoms with E-state index >= 15 is 0 Å². The van der Waals surface area contributed by atoms with Gasteiger partial charge in [0.2, 0.25) is 5.91 Å². The quantitative estimate of drug-likeness (QED) is 0.590. The highest BCUT2D eigenvalue weighted by Gasteiger charge is 2.36. The minimum atomic E-state index is -0.403. The third-order valence-corrected chi connectivity index (χ3v) is 6.62. The van der Waals surface area contributed by atoms with Gasteiger partial charge < -0.3 is 14.2 Å².